The van der Waals surface area contributed by atoms with Gasteiger partial charge in [0.1, 0.15) is 0 Å². The fourth-order valence-electron chi connectivity index (χ4n) is 1.40. The minimum absolute atomic E-state index is 0.292. The van der Waals surface area contributed by atoms with E-state index in [1.54, 1.807) is 0 Å². The quantitative estimate of drug-likeness (QED) is 0.704. The molecule has 0 radical (unpaired) electrons. The Bertz CT molecular complexity index is 121. The molecule has 0 aromatic carbocycles. The molecule has 1 aliphatic heterocycles. The maximum atomic E-state index is 9.24. The van der Waals surface area contributed by atoms with E-state index >= 15 is 0 Å². The Morgan fingerprint density at radius 3 is 2.77 bits per heavy atom. The summed E-state index contributed by atoms with van der Waals surface area (Å²) < 4.78 is 10.7. The highest BCUT2D eigenvalue weighted by molar-refractivity contribution is 4.62. The first-order valence-electron chi connectivity index (χ1n) is 5.16. The molecule has 1 heterocycles. The SMILES string of the molecule is CCC(O)COCC1CCOCC1. The number of ether oxygens (including phenoxy) is 2. The Labute approximate surface area is 80.0 Å². The minimum atomic E-state index is -0.292. The van der Waals surface area contributed by atoms with Gasteiger partial charge in [-0.2, -0.15) is 0 Å². The summed E-state index contributed by atoms with van der Waals surface area (Å²) in [4.78, 5) is 0. The summed E-state index contributed by atoms with van der Waals surface area (Å²) in [5, 5.41) is 9.24. The molecule has 3 heteroatoms. The first-order valence-corrected chi connectivity index (χ1v) is 5.16. The number of hydrogen-bond donors (Lipinski definition) is 1. The van der Waals surface area contributed by atoms with Crippen LogP contribution in [0, 0.1) is 5.92 Å². The zero-order chi connectivity index (χ0) is 9.52. The van der Waals surface area contributed by atoms with Gasteiger partial charge in [-0.3, -0.25) is 0 Å². The summed E-state index contributed by atoms with van der Waals surface area (Å²) in [5.74, 6) is 0.637. The molecule has 13 heavy (non-hydrogen) atoms. The molecule has 78 valence electrons. The molecule has 1 N–H and O–H groups in total. The Hall–Kier alpha value is -0.120. The molecule has 3 nitrogen and oxygen atoms in total. The average molecular weight is 188 g/mol. The van der Waals surface area contributed by atoms with Crippen molar-refractivity contribution in [2.24, 2.45) is 5.92 Å². The highest BCUT2D eigenvalue weighted by Gasteiger charge is 2.14. The Kier molecular flexibility index (Phi) is 5.35. The zero-order valence-electron chi connectivity index (χ0n) is 8.37. The standard InChI is InChI=1S/C10H20O3/c1-2-10(11)8-13-7-9-3-5-12-6-4-9/h9-11H,2-8H2,1H3. The topological polar surface area (TPSA) is 38.7 Å². The van der Waals surface area contributed by atoms with Crippen molar-refractivity contribution < 1.29 is 14.6 Å². The molecule has 1 rings (SSSR count). The van der Waals surface area contributed by atoms with Crippen molar-refractivity contribution in [1.82, 2.24) is 0 Å². The van der Waals surface area contributed by atoms with Crippen LogP contribution in [0.3, 0.4) is 0 Å². The first-order chi connectivity index (χ1) is 6.33. The lowest BCUT2D eigenvalue weighted by Gasteiger charge is -2.22. The van der Waals surface area contributed by atoms with Gasteiger partial charge in [-0.05, 0) is 25.2 Å². The van der Waals surface area contributed by atoms with Crippen molar-refractivity contribution in [3.63, 3.8) is 0 Å². The van der Waals surface area contributed by atoms with Crippen LogP contribution in [0.15, 0.2) is 0 Å². The Morgan fingerprint density at radius 1 is 1.46 bits per heavy atom. The number of aliphatic hydroxyl groups excluding tert-OH is 1. The van der Waals surface area contributed by atoms with Gasteiger partial charge in [0.15, 0.2) is 0 Å². The molecule has 1 saturated heterocycles. The van der Waals surface area contributed by atoms with Crippen LogP contribution in [0.25, 0.3) is 0 Å². The van der Waals surface area contributed by atoms with Crippen LogP contribution >= 0.6 is 0 Å². The molecule has 1 atom stereocenters. The summed E-state index contributed by atoms with van der Waals surface area (Å²) in [7, 11) is 0. The molecule has 0 aromatic rings. The third-order valence-corrected chi connectivity index (χ3v) is 2.48. The number of hydrogen-bond acceptors (Lipinski definition) is 3. The minimum Gasteiger partial charge on any atom is -0.391 e. The molecular weight excluding hydrogens is 168 g/mol. The monoisotopic (exact) mass is 188 g/mol. The zero-order valence-corrected chi connectivity index (χ0v) is 8.37. The summed E-state index contributed by atoms with van der Waals surface area (Å²) in [5.41, 5.74) is 0. The summed E-state index contributed by atoms with van der Waals surface area (Å²) in [6, 6.07) is 0. The molecule has 0 bridgehead atoms. The van der Waals surface area contributed by atoms with Gasteiger partial charge in [0.2, 0.25) is 0 Å². The van der Waals surface area contributed by atoms with Crippen LogP contribution in [0.1, 0.15) is 26.2 Å². The van der Waals surface area contributed by atoms with Crippen LogP contribution in [-0.4, -0.2) is 37.6 Å². The maximum Gasteiger partial charge on any atom is 0.0771 e. The van der Waals surface area contributed by atoms with Crippen molar-refractivity contribution in [3.8, 4) is 0 Å². The maximum absolute atomic E-state index is 9.24. The van der Waals surface area contributed by atoms with E-state index in [0.717, 1.165) is 39.1 Å². The lowest BCUT2D eigenvalue weighted by Crippen LogP contribution is -2.23. The van der Waals surface area contributed by atoms with Crippen molar-refractivity contribution >= 4 is 0 Å². The summed E-state index contributed by atoms with van der Waals surface area (Å²) in [6.07, 6.45) is 2.68. The summed E-state index contributed by atoms with van der Waals surface area (Å²) in [6.45, 7) is 4.95. The van der Waals surface area contributed by atoms with Gasteiger partial charge in [-0.1, -0.05) is 6.92 Å². The van der Waals surface area contributed by atoms with Crippen molar-refractivity contribution in [1.29, 1.82) is 0 Å². The molecule has 1 unspecified atom stereocenters. The summed E-state index contributed by atoms with van der Waals surface area (Å²) >= 11 is 0. The van der Waals surface area contributed by atoms with Crippen LogP contribution in [0.4, 0.5) is 0 Å². The number of aliphatic hydroxyl groups is 1. The third-order valence-electron chi connectivity index (χ3n) is 2.48. The second-order valence-electron chi connectivity index (χ2n) is 3.66. The van der Waals surface area contributed by atoms with Crippen LogP contribution in [0.2, 0.25) is 0 Å². The predicted octanol–water partition coefficient (Wildman–Crippen LogP) is 1.20. The smallest absolute Gasteiger partial charge is 0.0771 e. The van der Waals surface area contributed by atoms with Gasteiger partial charge < -0.3 is 14.6 Å². The van der Waals surface area contributed by atoms with Crippen molar-refractivity contribution in [2.75, 3.05) is 26.4 Å². The fraction of sp³-hybridized carbons (Fsp3) is 1.00. The molecule has 0 aliphatic carbocycles. The van der Waals surface area contributed by atoms with Crippen molar-refractivity contribution in [3.05, 3.63) is 0 Å². The largest absolute Gasteiger partial charge is 0.391 e. The van der Waals surface area contributed by atoms with Gasteiger partial charge in [0.05, 0.1) is 12.7 Å². The molecule has 1 aliphatic rings. The van der Waals surface area contributed by atoms with E-state index in [9.17, 15) is 5.11 Å². The molecule has 0 spiro atoms. The predicted molar refractivity (Wildman–Crippen MR) is 50.7 cm³/mol. The van der Waals surface area contributed by atoms with E-state index in [0.29, 0.717) is 12.5 Å². The first kappa shape index (κ1) is 11.0. The van der Waals surface area contributed by atoms with E-state index in [1.807, 2.05) is 6.92 Å². The lowest BCUT2D eigenvalue weighted by molar-refractivity contribution is -0.00967. The van der Waals surface area contributed by atoms with Crippen LogP contribution in [0.5, 0.6) is 0 Å². The normalized spacial score (nSPS) is 21.7. The number of rotatable bonds is 5. The molecule has 0 saturated carbocycles. The molecule has 0 amide bonds. The average Bonchev–Trinajstić information content (AvgIpc) is 2.19. The van der Waals surface area contributed by atoms with Crippen LogP contribution in [-0.2, 0) is 9.47 Å². The van der Waals surface area contributed by atoms with Crippen LogP contribution < -0.4 is 0 Å². The van der Waals surface area contributed by atoms with E-state index in [-0.39, 0.29) is 6.10 Å². The van der Waals surface area contributed by atoms with Gasteiger partial charge in [0.25, 0.3) is 0 Å². The third kappa shape index (κ3) is 4.60. The second kappa shape index (κ2) is 6.35. The van der Waals surface area contributed by atoms with Crippen molar-refractivity contribution in [2.45, 2.75) is 32.3 Å². The van der Waals surface area contributed by atoms with Gasteiger partial charge in [-0.25, -0.2) is 0 Å². The van der Waals surface area contributed by atoms with Gasteiger partial charge in [-0.15, -0.1) is 0 Å². The highest BCUT2D eigenvalue weighted by atomic mass is 16.5. The molecular formula is C10H20O3. The van der Waals surface area contributed by atoms with E-state index in [2.05, 4.69) is 0 Å². The molecule has 1 fully saturated rings. The van der Waals surface area contributed by atoms with E-state index in [4.69, 9.17) is 9.47 Å². The van der Waals surface area contributed by atoms with E-state index < -0.39 is 0 Å². The molecule has 0 aromatic heterocycles. The lowest BCUT2D eigenvalue weighted by atomic mass is 10.0. The Morgan fingerprint density at radius 2 is 2.15 bits per heavy atom. The highest BCUT2D eigenvalue weighted by Crippen LogP contribution is 2.14. The van der Waals surface area contributed by atoms with Gasteiger partial charge in [0, 0.05) is 19.8 Å². The van der Waals surface area contributed by atoms with E-state index in [1.165, 1.54) is 0 Å². The Balaban J connectivity index is 1.98. The second-order valence-corrected chi connectivity index (χ2v) is 3.66. The van der Waals surface area contributed by atoms with Gasteiger partial charge >= 0.3 is 0 Å². The fourth-order valence-corrected chi connectivity index (χ4v) is 1.40.